The Kier molecular flexibility index (Phi) is 2.59. The number of aryl methyl sites for hydroxylation is 1. The number of anilines is 1. The fourth-order valence-electron chi connectivity index (χ4n) is 3.30. The van der Waals surface area contributed by atoms with Gasteiger partial charge in [0.2, 0.25) is 0 Å². The Morgan fingerprint density at radius 2 is 2.00 bits per heavy atom. The van der Waals surface area contributed by atoms with Gasteiger partial charge in [-0.15, -0.1) is 0 Å². The van der Waals surface area contributed by atoms with Crippen molar-refractivity contribution in [2.45, 2.75) is 45.1 Å². The minimum atomic E-state index is 0.662. The van der Waals surface area contributed by atoms with E-state index >= 15 is 0 Å². The highest BCUT2D eigenvalue weighted by molar-refractivity contribution is 6.30. The average molecular weight is 236 g/mol. The van der Waals surface area contributed by atoms with Crippen LogP contribution in [0.25, 0.3) is 0 Å². The maximum atomic E-state index is 6.11. The molecule has 0 radical (unpaired) electrons. The number of fused-ring (bicyclic) bond motifs is 1. The molecule has 3 rings (SSSR count). The third-order valence-electron chi connectivity index (χ3n) is 4.12. The van der Waals surface area contributed by atoms with Gasteiger partial charge in [-0.1, -0.05) is 24.4 Å². The van der Waals surface area contributed by atoms with Crippen molar-refractivity contribution in [3.05, 3.63) is 28.3 Å². The van der Waals surface area contributed by atoms with Crippen LogP contribution in [-0.2, 0) is 6.42 Å². The van der Waals surface area contributed by atoms with Crippen molar-refractivity contribution in [3.8, 4) is 0 Å². The summed E-state index contributed by atoms with van der Waals surface area (Å²) < 4.78 is 0. The topological polar surface area (TPSA) is 12.0 Å². The molecule has 1 N–H and O–H groups in total. The van der Waals surface area contributed by atoms with Crippen molar-refractivity contribution >= 4 is 17.3 Å². The van der Waals surface area contributed by atoms with Crippen LogP contribution in [0.1, 0.15) is 36.8 Å². The first-order valence-electron chi connectivity index (χ1n) is 6.29. The van der Waals surface area contributed by atoms with E-state index in [-0.39, 0.29) is 0 Å². The summed E-state index contributed by atoms with van der Waals surface area (Å²) in [6.45, 7) is 2.15. The zero-order valence-corrected chi connectivity index (χ0v) is 10.5. The highest BCUT2D eigenvalue weighted by Crippen LogP contribution is 2.38. The molecule has 0 aromatic heterocycles. The lowest BCUT2D eigenvalue weighted by atomic mass is 9.95. The molecule has 1 saturated carbocycles. The molecule has 1 nitrogen and oxygen atoms in total. The summed E-state index contributed by atoms with van der Waals surface area (Å²) in [6, 6.07) is 4.85. The molecule has 1 aromatic carbocycles. The number of hydrogen-bond acceptors (Lipinski definition) is 1. The van der Waals surface area contributed by atoms with Crippen molar-refractivity contribution in [1.82, 2.24) is 0 Å². The second kappa shape index (κ2) is 3.96. The number of nitrogens with one attached hydrogen (secondary N) is 1. The molecular weight excluding hydrogens is 218 g/mol. The Balaban J connectivity index is 1.85. The normalized spacial score (nSPS) is 24.5. The van der Waals surface area contributed by atoms with Gasteiger partial charge in [-0.2, -0.15) is 0 Å². The summed E-state index contributed by atoms with van der Waals surface area (Å²) >= 11 is 6.11. The second-order valence-corrected chi connectivity index (χ2v) is 5.69. The van der Waals surface area contributed by atoms with Crippen LogP contribution < -0.4 is 5.32 Å². The van der Waals surface area contributed by atoms with Gasteiger partial charge < -0.3 is 5.32 Å². The lowest BCUT2D eigenvalue weighted by Gasteiger charge is -2.18. The van der Waals surface area contributed by atoms with E-state index in [0.717, 1.165) is 10.9 Å². The van der Waals surface area contributed by atoms with Crippen LogP contribution in [0.2, 0.25) is 5.02 Å². The standard InChI is InChI=1S/C14H18ClN/c1-9-6-12(15)7-11-8-13(16-14(9)11)10-4-2-3-5-10/h6-7,10,13,16H,2-5,8H2,1H3. The van der Waals surface area contributed by atoms with E-state index in [2.05, 4.69) is 24.4 Å². The van der Waals surface area contributed by atoms with Gasteiger partial charge in [-0.3, -0.25) is 0 Å². The van der Waals surface area contributed by atoms with Gasteiger partial charge in [-0.25, -0.2) is 0 Å². The fourth-order valence-corrected chi connectivity index (χ4v) is 3.59. The van der Waals surface area contributed by atoms with Crippen molar-refractivity contribution in [2.75, 3.05) is 5.32 Å². The molecule has 2 heteroatoms. The lowest BCUT2D eigenvalue weighted by Crippen LogP contribution is -2.24. The zero-order chi connectivity index (χ0) is 11.1. The summed E-state index contributed by atoms with van der Waals surface area (Å²) in [5, 5.41) is 4.59. The van der Waals surface area contributed by atoms with Crippen molar-refractivity contribution in [1.29, 1.82) is 0 Å². The predicted octanol–water partition coefficient (Wildman–Crippen LogP) is 4.18. The Hall–Kier alpha value is -0.690. The van der Waals surface area contributed by atoms with Crippen LogP contribution in [0.15, 0.2) is 12.1 Å². The molecule has 1 aliphatic carbocycles. The van der Waals surface area contributed by atoms with E-state index in [1.54, 1.807) is 0 Å². The van der Waals surface area contributed by atoms with Gasteiger partial charge in [0.05, 0.1) is 0 Å². The molecular formula is C14H18ClN. The van der Waals surface area contributed by atoms with Crippen LogP contribution in [-0.4, -0.2) is 6.04 Å². The van der Waals surface area contributed by atoms with Gasteiger partial charge in [0.25, 0.3) is 0 Å². The van der Waals surface area contributed by atoms with Gasteiger partial charge in [0, 0.05) is 16.8 Å². The van der Waals surface area contributed by atoms with Crippen LogP contribution in [0.3, 0.4) is 0 Å². The summed E-state index contributed by atoms with van der Waals surface area (Å²) in [6.07, 6.45) is 6.80. The summed E-state index contributed by atoms with van der Waals surface area (Å²) in [7, 11) is 0. The van der Waals surface area contributed by atoms with E-state index in [9.17, 15) is 0 Å². The molecule has 86 valence electrons. The first-order chi connectivity index (χ1) is 7.74. The maximum Gasteiger partial charge on any atom is 0.0412 e. The third-order valence-corrected chi connectivity index (χ3v) is 4.34. The Morgan fingerprint density at radius 3 is 2.75 bits per heavy atom. The molecule has 1 aliphatic heterocycles. The average Bonchev–Trinajstić information content (AvgIpc) is 2.82. The summed E-state index contributed by atoms with van der Waals surface area (Å²) in [4.78, 5) is 0. The summed E-state index contributed by atoms with van der Waals surface area (Å²) in [5.41, 5.74) is 4.06. The fraction of sp³-hybridized carbons (Fsp3) is 0.571. The number of hydrogen-bond donors (Lipinski definition) is 1. The first kappa shape index (κ1) is 10.5. The maximum absolute atomic E-state index is 6.11. The number of benzene rings is 1. The number of rotatable bonds is 1. The Labute approximate surface area is 102 Å². The molecule has 0 spiro atoms. The Bertz CT molecular complexity index is 407. The quantitative estimate of drug-likeness (QED) is 0.770. The van der Waals surface area contributed by atoms with E-state index < -0.39 is 0 Å². The molecule has 0 saturated heterocycles. The van der Waals surface area contributed by atoms with Crippen molar-refractivity contribution < 1.29 is 0 Å². The molecule has 1 atom stereocenters. The molecule has 2 aliphatic rings. The lowest BCUT2D eigenvalue weighted by molar-refractivity contribution is 0.466. The van der Waals surface area contributed by atoms with Gasteiger partial charge in [0.1, 0.15) is 0 Å². The van der Waals surface area contributed by atoms with E-state index in [0.29, 0.717) is 6.04 Å². The van der Waals surface area contributed by atoms with Crippen molar-refractivity contribution in [3.63, 3.8) is 0 Å². The highest BCUT2D eigenvalue weighted by Gasteiger charge is 2.30. The monoisotopic (exact) mass is 235 g/mol. The van der Waals surface area contributed by atoms with Gasteiger partial charge in [0.15, 0.2) is 0 Å². The predicted molar refractivity (Wildman–Crippen MR) is 69.3 cm³/mol. The van der Waals surface area contributed by atoms with Gasteiger partial charge in [-0.05, 0) is 55.4 Å². The molecule has 16 heavy (non-hydrogen) atoms. The van der Waals surface area contributed by atoms with E-state index in [1.165, 1.54) is 48.9 Å². The van der Waals surface area contributed by atoms with E-state index in [4.69, 9.17) is 11.6 Å². The molecule has 0 bridgehead atoms. The zero-order valence-electron chi connectivity index (χ0n) is 9.72. The molecule has 1 fully saturated rings. The van der Waals surface area contributed by atoms with Crippen LogP contribution in [0.4, 0.5) is 5.69 Å². The van der Waals surface area contributed by atoms with Crippen LogP contribution >= 0.6 is 11.6 Å². The minimum absolute atomic E-state index is 0.662. The molecule has 1 aromatic rings. The molecule has 1 unspecified atom stereocenters. The van der Waals surface area contributed by atoms with Gasteiger partial charge >= 0.3 is 0 Å². The third kappa shape index (κ3) is 1.71. The smallest absolute Gasteiger partial charge is 0.0412 e. The SMILES string of the molecule is Cc1cc(Cl)cc2c1NC(C1CCCC1)C2. The molecule has 0 amide bonds. The largest absolute Gasteiger partial charge is 0.381 e. The first-order valence-corrected chi connectivity index (χ1v) is 6.67. The minimum Gasteiger partial charge on any atom is -0.381 e. The summed E-state index contributed by atoms with van der Waals surface area (Å²) in [5.74, 6) is 0.880. The molecule has 1 heterocycles. The van der Waals surface area contributed by atoms with Crippen LogP contribution in [0, 0.1) is 12.8 Å². The Morgan fingerprint density at radius 1 is 1.25 bits per heavy atom. The second-order valence-electron chi connectivity index (χ2n) is 5.26. The highest BCUT2D eigenvalue weighted by atomic mass is 35.5. The van der Waals surface area contributed by atoms with Crippen LogP contribution in [0.5, 0.6) is 0 Å². The number of halogens is 1. The van der Waals surface area contributed by atoms with E-state index in [1.807, 2.05) is 0 Å². The van der Waals surface area contributed by atoms with Crippen molar-refractivity contribution in [2.24, 2.45) is 5.92 Å².